The maximum atomic E-state index is 12.7. The van der Waals surface area contributed by atoms with Gasteiger partial charge in [0.15, 0.2) is 0 Å². The van der Waals surface area contributed by atoms with E-state index in [1.54, 1.807) is 10.9 Å². The molecule has 5 nitrogen and oxygen atoms in total. The van der Waals surface area contributed by atoms with E-state index in [0.717, 1.165) is 36.1 Å². The molecule has 1 aliphatic rings. The zero-order valence-electron chi connectivity index (χ0n) is 13.8. The number of piperazine rings is 1. The molecule has 2 heterocycles. The van der Waals surface area contributed by atoms with Crippen LogP contribution in [-0.4, -0.2) is 59.1 Å². The van der Waals surface area contributed by atoms with Crippen LogP contribution in [0.3, 0.4) is 0 Å². The monoisotopic (exact) mass is 300 g/mol. The van der Waals surface area contributed by atoms with Crippen LogP contribution in [0.1, 0.15) is 11.1 Å². The summed E-state index contributed by atoms with van der Waals surface area (Å²) in [4.78, 5) is 21.9. The second-order valence-electron chi connectivity index (χ2n) is 6.50. The van der Waals surface area contributed by atoms with Gasteiger partial charge >= 0.3 is 0 Å². The van der Waals surface area contributed by atoms with E-state index < -0.39 is 0 Å². The van der Waals surface area contributed by atoms with Crippen molar-refractivity contribution in [3.63, 3.8) is 0 Å². The van der Waals surface area contributed by atoms with Gasteiger partial charge in [-0.3, -0.25) is 14.3 Å². The van der Waals surface area contributed by atoms with Crippen molar-refractivity contribution in [1.29, 1.82) is 0 Å². The standard InChI is InChI=1S/C17H24N4O/c1-12-5-6-15-16(13(12)2)18-11-21(17(15)22)10-14-9-19(3)7-8-20(14)4/h5-6,11,14H,7-10H2,1-4H3/t14-/m0/s1. The van der Waals surface area contributed by atoms with Crippen molar-refractivity contribution in [3.8, 4) is 0 Å². The molecule has 0 saturated carbocycles. The van der Waals surface area contributed by atoms with Gasteiger partial charge in [-0.25, -0.2) is 4.98 Å². The second kappa shape index (κ2) is 5.82. The molecule has 1 atom stereocenters. The molecule has 0 aliphatic carbocycles. The first-order valence-corrected chi connectivity index (χ1v) is 7.81. The normalized spacial score (nSPS) is 20.6. The molecule has 1 aromatic heterocycles. The van der Waals surface area contributed by atoms with Crippen LogP contribution in [0.2, 0.25) is 0 Å². The highest BCUT2D eigenvalue weighted by atomic mass is 16.1. The molecule has 0 unspecified atom stereocenters. The first-order chi connectivity index (χ1) is 10.5. The fourth-order valence-corrected chi connectivity index (χ4v) is 3.13. The summed E-state index contributed by atoms with van der Waals surface area (Å²) in [6.45, 7) is 7.86. The van der Waals surface area contributed by atoms with Crippen LogP contribution in [0, 0.1) is 13.8 Å². The van der Waals surface area contributed by atoms with Crippen LogP contribution < -0.4 is 5.56 Å². The van der Waals surface area contributed by atoms with E-state index in [2.05, 4.69) is 35.8 Å². The average molecular weight is 300 g/mol. The van der Waals surface area contributed by atoms with Crippen LogP contribution in [0.4, 0.5) is 0 Å². The summed E-state index contributed by atoms with van der Waals surface area (Å²) in [5.74, 6) is 0. The molecule has 2 aromatic rings. The number of likely N-dealkylation sites (N-methyl/N-ethyl adjacent to an activating group) is 2. The lowest BCUT2D eigenvalue weighted by Crippen LogP contribution is -2.52. The summed E-state index contributed by atoms with van der Waals surface area (Å²) < 4.78 is 1.76. The molecule has 22 heavy (non-hydrogen) atoms. The Bertz CT molecular complexity index is 752. The number of hydrogen-bond acceptors (Lipinski definition) is 4. The van der Waals surface area contributed by atoms with Gasteiger partial charge in [0.1, 0.15) is 0 Å². The summed E-state index contributed by atoms with van der Waals surface area (Å²) in [7, 11) is 4.26. The Hall–Kier alpha value is -1.72. The van der Waals surface area contributed by atoms with Gasteiger partial charge in [0.25, 0.3) is 5.56 Å². The summed E-state index contributed by atoms with van der Waals surface area (Å²) >= 11 is 0. The van der Waals surface area contributed by atoms with Crippen molar-refractivity contribution >= 4 is 10.9 Å². The molecule has 0 amide bonds. The Balaban J connectivity index is 1.97. The Morgan fingerprint density at radius 2 is 2.00 bits per heavy atom. The van der Waals surface area contributed by atoms with Crippen molar-refractivity contribution in [2.45, 2.75) is 26.4 Å². The highest BCUT2D eigenvalue weighted by Crippen LogP contribution is 2.16. The van der Waals surface area contributed by atoms with Crippen LogP contribution in [-0.2, 0) is 6.54 Å². The van der Waals surface area contributed by atoms with Crippen molar-refractivity contribution in [2.75, 3.05) is 33.7 Å². The molecule has 3 rings (SSSR count). The molecule has 0 bridgehead atoms. The minimum atomic E-state index is 0.0646. The molecule has 1 saturated heterocycles. The fraction of sp³-hybridized carbons (Fsp3) is 0.529. The van der Waals surface area contributed by atoms with Crippen LogP contribution in [0.25, 0.3) is 10.9 Å². The molecule has 1 fully saturated rings. The predicted molar refractivity (Wildman–Crippen MR) is 89.4 cm³/mol. The number of hydrogen-bond donors (Lipinski definition) is 0. The molecule has 0 spiro atoms. The van der Waals surface area contributed by atoms with Crippen molar-refractivity contribution in [3.05, 3.63) is 39.9 Å². The topological polar surface area (TPSA) is 41.4 Å². The van der Waals surface area contributed by atoms with Crippen molar-refractivity contribution in [1.82, 2.24) is 19.4 Å². The van der Waals surface area contributed by atoms with E-state index >= 15 is 0 Å². The molecular formula is C17H24N4O. The number of benzene rings is 1. The Kier molecular flexibility index (Phi) is 4.02. The van der Waals surface area contributed by atoms with E-state index in [0.29, 0.717) is 12.6 Å². The fourth-order valence-electron chi connectivity index (χ4n) is 3.13. The van der Waals surface area contributed by atoms with E-state index in [4.69, 9.17) is 0 Å². The Morgan fingerprint density at radius 1 is 1.23 bits per heavy atom. The predicted octanol–water partition coefficient (Wildman–Crippen LogP) is 1.26. The zero-order chi connectivity index (χ0) is 15.9. The first-order valence-electron chi connectivity index (χ1n) is 7.81. The number of aryl methyl sites for hydroxylation is 2. The van der Waals surface area contributed by atoms with E-state index in [1.807, 2.05) is 19.1 Å². The van der Waals surface area contributed by atoms with Gasteiger partial charge in [0, 0.05) is 32.2 Å². The maximum absolute atomic E-state index is 12.7. The number of fused-ring (bicyclic) bond motifs is 1. The third-order valence-corrected chi connectivity index (χ3v) is 4.91. The number of aromatic nitrogens is 2. The largest absolute Gasteiger partial charge is 0.303 e. The van der Waals surface area contributed by atoms with Gasteiger partial charge in [-0.05, 0) is 45.1 Å². The summed E-state index contributed by atoms with van der Waals surface area (Å²) in [5.41, 5.74) is 3.16. The molecule has 1 aromatic carbocycles. The van der Waals surface area contributed by atoms with E-state index in [-0.39, 0.29) is 5.56 Å². The van der Waals surface area contributed by atoms with Gasteiger partial charge in [-0.2, -0.15) is 0 Å². The SMILES string of the molecule is Cc1ccc2c(=O)n(C[C@@H]3CN(C)CCN3C)cnc2c1C. The smallest absolute Gasteiger partial charge is 0.261 e. The molecule has 0 radical (unpaired) electrons. The minimum absolute atomic E-state index is 0.0646. The van der Waals surface area contributed by atoms with Gasteiger partial charge in [0.2, 0.25) is 0 Å². The number of rotatable bonds is 2. The van der Waals surface area contributed by atoms with E-state index in [9.17, 15) is 4.79 Å². The highest BCUT2D eigenvalue weighted by Gasteiger charge is 2.23. The van der Waals surface area contributed by atoms with Crippen LogP contribution in [0.5, 0.6) is 0 Å². The Morgan fingerprint density at radius 3 is 2.77 bits per heavy atom. The zero-order valence-corrected chi connectivity index (χ0v) is 13.8. The maximum Gasteiger partial charge on any atom is 0.261 e. The summed E-state index contributed by atoms with van der Waals surface area (Å²) in [6, 6.07) is 4.26. The van der Waals surface area contributed by atoms with Crippen molar-refractivity contribution < 1.29 is 0 Å². The lowest BCUT2D eigenvalue weighted by atomic mass is 10.1. The van der Waals surface area contributed by atoms with Gasteiger partial charge in [-0.1, -0.05) is 6.07 Å². The Labute approximate surface area is 131 Å². The first kappa shape index (κ1) is 15.2. The molecule has 118 valence electrons. The molecule has 0 N–H and O–H groups in total. The second-order valence-corrected chi connectivity index (χ2v) is 6.50. The molecule has 1 aliphatic heterocycles. The summed E-state index contributed by atoms with van der Waals surface area (Å²) in [6.07, 6.45) is 1.71. The average Bonchev–Trinajstić information content (AvgIpc) is 2.49. The quantitative estimate of drug-likeness (QED) is 0.837. The van der Waals surface area contributed by atoms with Gasteiger partial charge in [0.05, 0.1) is 17.2 Å². The number of nitrogens with zero attached hydrogens (tertiary/aromatic N) is 4. The van der Waals surface area contributed by atoms with Crippen LogP contribution >= 0.6 is 0 Å². The van der Waals surface area contributed by atoms with Crippen LogP contribution in [0.15, 0.2) is 23.3 Å². The van der Waals surface area contributed by atoms with Gasteiger partial charge in [-0.15, -0.1) is 0 Å². The van der Waals surface area contributed by atoms with E-state index in [1.165, 1.54) is 5.56 Å². The molecule has 5 heteroatoms. The lowest BCUT2D eigenvalue weighted by molar-refractivity contribution is 0.102. The van der Waals surface area contributed by atoms with Gasteiger partial charge < -0.3 is 4.90 Å². The lowest BCUT2D eigenvalue weighted by Gasteiger charge is -2.37. The van der Waals surface area contributed by atoms with Crippen molar-refractivity contribution in [2.24, 2.45) is 0 Å². The minimum Gasteiger partial charge on any atom is -0.303 e. The summed E-state index contributed by atoms with van der Waals surface area (Å²) in [5, 5.41) is 0.720. The molecular weight excluding hydrogens is 276 g/mol. The highest BCUT2D eigenvalue weighted by molar-refractivity contribution is 5.81. The third-order valence-electron chi connectivity index (χ3n) is 4.91. The third kappa shape index (κ3) is 2.66.